The van der Waals surface area contributed by atoms with E-state index < -0.39 is 0 Å². The van der Waals surface area contributed by atoms with Crippen LogP contribution < -0.4 is 15.4 Å². The zero-order chi connectivity index (χ0) is 19.2. The van der Waals surface area contributed by atoms with Crippen molar-refractivity contribution >= 4 is 29.1 Å². The average Bonchev–Trinajstić information content (AvgIpc) is 2.69. The van der Waals surface area contributed by atoms with Gasteiger partial charge in [-0.1, -0.05) is 17.7 Å². The summed E-state index contributed by atoms with van der Waals surface area (Å²) in [4.78, 5) is 24.8. The zero-order valence-electron chi connectivity index (χ0n) is 14.9. The quantitative estimate of drug-likeness (QED) is 0.677. The Labute approximate surface area is 161 Å². The third kappa shape index (κ3) is 4.71. The second kappa shape index (κ2) is 8.46. The lowest BCUT2D eigenvalue weighted by atomic mass is 10.2. The monoisotopic (exact) mass is 383 g/mol. The van der Waals surface area contributed by atoms with Crippen molar-refractivity contribution in [2.45, 2.75) is 13.5 Å². The molecule has 3 rings (SSSR count). The Kier molecular flexibility index (Phi) is 5.83. The summed E-state index contributed by atoms with van der Waals surface area (Å²) in [5.41, 5.74) is 2.69. The van der Waals surface area contributed by atoms with Crippen LogP contribution in [0.3, 0.4) is 0 Å². The highest BCUT2D eigenvalue weighted by molar-refractivity contribution is 6.31. The Morgan fingerprint density at radius 2 is 2.11 bits per heavy atom. The molecular formula is C19H18ClN5O2. The molecule has 0 unspecified atom stereocenters. The Morgan fingerprint density at radius 3 is 2.85 bits per heavy atom. The predicted octanol–water partition coefficient (Wildman–Crippen LogP) is 3.52. The summed E-state index contributed by atoms with van der Waals surface area (Å²) in [6, 6.07) is 8.79. The number of nitrogens with one attached hydrogen (secondary N) is 2. The minimum atomic E-state index is -0.302. The van der Waals surface area contributed by atoms with Gasteiger partial charge >= 0.3 is 0 Å². The second-order valence-corrected chi connectivity index (χ2v) is 6.14. The minimum Gasteiger partial charge on any atom is -0.495 e. The van der Waals surface area contributed by atoms with E-state index in [1.54, 1.807) is 31.6 Å². The van der Waals surface area contributed by atoms with Crippen LogP contribution in [-0.4, -0.2) is 28.0 Å². The maximum Gasteiger partial charge on any atom is 0.270 e. The number of amides is 1. The highest BCUT2D eigenvalue weighted by Crippen LogP contribution is 2.32. The largest absolute Gasteiger partial charge is 0.495 e. The first kappa shape index (κ1) is 18.6. The first-order valence-electron chi connectivity index (χ1n) is 8.18. The first-order chi connectivity index (χ1) is 13.1. The number of carbonyl (C=O) groups is 1. The van der Waals surface area contributed by atoms with E-state index in [4.69, 9.17) is 16.3 Å². The van der Waals surface area contributed by atoms with Crippen molar-refractivity contribution in [3.8, 4) is 5.75 Å². The molecule has 0 aliphatic heterocycles. The Morgan fingerprint density at radius 1 is 1.26 bits per heavy atom. The highest BCUT2D eigenvalue weighted by Gasteiger charge is 2.12. The van der Waals surface area contributed by atoms with Crippen LogP contribution in [0.2, 0.25) is 5.02 Å². The van der Waals surface area contributed by atoms with Crippen LogP contribution in [0, 0.1) is 6.92 Å². The molecule has 1 amide bonds. The molecule has 3 aromatic rings. The molecule has 2 aromatic heterocycles. The van der Waals surface area contributed by atoms with Crippen LogP contribution in [-0.2, 0) is 6.54 Å². The molecular weight excluding hydrogens is 366 g/mol. The fourth-order valence-electron chi connectivity index (χ4n) is 2.37. The maximum atomic E-state index is 12.4. The summed E-state index contributed by atoms with van der Waals surface area (Å²) in [7, 11) is 1.55. The summed E-state index contributed by atoms with van der Waals surface area (Å²) in [6.07, 6.45) is 4.90. The van der Waals surface area contributed by atoms with Crippen molar-refractivity contribution in [3.05, 3.63) is 70.8 Å². The summed E-state index contributed by atoms with van der Waals surface area (Å²) in [6.45, 7) is 2.25. The van der Waals surface area contributed by atoms with Gasteiger partial charge in [-0.05, 0) is 36.2 Å². The molecule has 0 radical (unpaired) electrons. The Hall–Kier alpha value is -3.19. The Balaban J connectivity index is 1.74. The normalized spacial score (nSPS) is 10.3. The van der Waals surface area contributed by atoms with Crippen LogP contribution in [0.1, 0.15) is 21.6 Å². The molecule has 27 heavy (non-hydrogen) atoms. The van der Waals surface area contributed by atoms with Crippen molar-refractivity contribution in [2.24, 2.45) is 0 Å². The second-order valence-electron chi connectivity index (χ2n) is 5.74. The lowest BCUT2D eigenvalue weighted by Gasteiger charge is -2.12. The van der Waals surface area contributed by atoms with E-state index >= 15 is 0 Å². The van der Waals surface area contributed by atoms with E-state index in [1.807, 2.05) is 25.1 Å². The molecule has 0 atom stereocenters. The van der Waals surface area contributed by atoms with Crippen LogP contribution >= 0.6 is 11.6 Å². The summed E-state index contributed by atoms with van der Waals surface area (Å²) in [5.74, 6) is 0.535. The van der Waals surface area contributed by atoms with Gasteiger partial charge in [0.2, 0.25) is 5.95 Å². The number of rotatable bonds is 6. The lowest BCUT2D eigenvalue weighted by Crippen LogP contribution is -2.24. The number of benzene rings is 1. The van der Waals surface area contributed by atoms with E-state index in [9.17, 15) is 4.79 Å². The highest BCUT2D eigenvalue weighted by atomic mass is 35.5. The van der Waals surface area contributed by atoms with Crippen LogP contribution in [0.15, 0.2) is 48.9 Å². The number of halogens is 1. The average molecular weight is 384 g/mol. The van der Waals surface area contributed by atoms with Gasteiger partial charge in [-0.25, -0.2) is 9.97 Å². The van der Waals surface area contributed by atoms with Gasteiger partial charge in [0.15, 0.2) is 0 Å². The van der Waals surface area contributed by atoms with Gasteiger partial charge in [-0.2, -0.15) is 0 Å². The molecule has 2 heterocycles. The third-order valence-electron chi connectivity index (χ3n) is 3.79. The molecule has 0 fully saturated rings. The number of ether oxygens (including phenoxy) is 1. The molecule has 0 spiro atoms. The predicted molar refractivity (Wildman–Crippen MR) is 103 cm³/mol. The van der Waals surface area contributed by atoms with Gasteiger partial charge in [-0.15, -0.1) is 0 Å². The van der Waals surface area contributed by atoms with Crippen molar-refractivity contribution in [1.82, 2.24) is 20.3 Å². The van der Waals surface area contributed by atoms with Crippen LogP contribution in [0.4, 0.5) is 11.6 Å². The fourth-order valence-corrected chi connectivity index (χ4v) is 2.52. The van der Waals surface area contributed by atoms with E-state index in [1.165, 1.54) is 6.20 Å². The summed E-state index contributed by atoms with van der Waals surface area (Å²) >= 11 is 6.12. The number of nitrogens with zero attached hydrogens (tertiary/aromatic N) is 3. The zero-order valence-corrected chi connectivity index (χ0v) is 15.6. The van der Waals surface area contributed by atoms with Crippen molar-refractivity contribution in [1.29, 1.82) is 0 Å². The number of aryl methyl sites for hydroxylation is 1. The molecule has 1 aromatic carbocycles. The SMILES string of the molecule is COc1cc(Cl)c(C)cc1Nc1nccc(C(=O)NCc2cccnc2)n1. The van der Waals surface area contributed by atoms with E-state index in [0.717, 1.165) is 11.1 Å². The van der Waals surface area contributed by atoms with E-state index in [2.05, 4.69) is 25.6 Å². The van der Waals surface area contributed by atoms with E-state index in [0.29, 0.717) is 23.0 Å². The molecule has 0 saturated heterocycles. The smallest absolute Gasteiger partial charge is 0.270 e. The van der Waals surface area contributed by atoms with Gasteiger partial charge in [0.05, 0.1) is 12.8 Å². The van der Waals surface area contributed by atoms with Crippen LogP contribution in [0.25, 0.3) is 0 Å². The molecule has 0 bridgehead atoms. The molecule has 7 nitrogen and oxygen atoms in total. The molecule has 138 valence electrons. The number of hydrogen-bond donors (Lipinski definition) is 2. The number of hydrogen-bond acceptors (Lipinski definition) is 6. The van der Waals surface area contributed by atoms with Gasteiger partial charge in [0, 0.05) is 36.2 Å². The van der Waals surface area contributed by atoms with Gasteiger partial charge in [0.1, 0.15) is 11.4 Å². The first-order valence-corrected chi connectivity index (χ1v) is 8.56. The number of methoxy groups -OCH3 is 1. The van der Waals surface area contributed by atoms with Crippen molar-refractivity contribution < 1.29 is 9.53 Å². The number of carbonyl (C=O) groups excluding carboxylic acids is 1. The Bertz CT molecular complexity index is 950. The van der Waals surface area contributed by atoms with Crippen molar-refractivity contribution in [2.75, 3.05) is 12.4 Å². The molecule has 0 aliphatic rings. The summed E-state index contributed by atoms with van der Waals surface area (Å²) < 4.78 is 5.33. The number of pyridine rings is 1. The molecule has 2 N–H and O–H groups in total. The summed E-state index contributed by atoms with van der Waals surface area (Å²) in [5, 5.41) is 6.47. The van der Waals surface area contributed by atoms with E-state index in [-0.39, 0.29) is 17.5 Å². The molecule has 0 aliphatic carbocycles. The van der Waals surface area contributed by atoms with Gasteiger partial charge in [-0.3, -0.25) is 9.78 Å². The third-order valence-corrected chi connectivity index (χ3v) is 4.20. The van der Waals surface area contributed by atoms with Gasteiger partial charge < -0.3 is 15.4 Å². The minimum absolute atomic E-state index is 0.251. The lowest BCUT2D eigenvalue weighted by molar-refractivity contribution is 0.0946. The maximum absolute atomic E-state index is 12.4. The molecule has 0 saturated carbocycles. The standard InChI is InChI=1S/C19H18ClN5O2/c1-12-8-16(17(27-2)9-14(12)20)25-19-22-7-5-15(24-19)18(26)23-11-13-4-3-6-21-10-13/h3-10H,11H2,1-2H3,(H,23,26)(H,22,24,25). The van der Waals surface area contributed by atoms with Gasteiger partial charge in [0.25, 0.3) is 5.91 Å². The number of anilines is 2. The van der Waals surface area contributed by atoms with Crippen molar-refractivity contribution in [3.63, 3.8) is 0 Å². The molecule has 8 heteroatoms. The van der Waals surface area contributed by atoms with Crippen LogP contribution in [0.5, 0.6) is 5.75 Å². The fraction of sp³-hybridized carbons (Fsp3) is 0.158. The number of aromatic nitrogens is 3. The topological polar surface area (TPSA) is 89.0 Å².